The fraction of sp³-hybridized carbons (Fsp3) is 0.583. The topological polar surface area (TPSA) is 28.2 Å². The van der Waals surface area contributed by atoms with Crippen molar-refractivity contribution in [2.75, 3.05) is 18.5 Å². The summed E-state index contributed by atoms with van der Waals surface area (Å²) in [5, 5.41) is 2.97. The Balaban J connectivity index is 2.30. The van der Waals surface area contributed by atoms with Crippen molar-refractivity contribution in [3.8, 4) is 0 Å². The molecule has 0 radical (unpaired) electrons. The first kappa shape index (κ1) is 11.3. The molecular weight excluding hydrogens is 205 g/mol. The number of nitrogens with zero attached hydrogens (tertiary/aromatic N) is 2. The van der Waals surface area contributed by atoms with Gasteiger partial charge in [-0.2, -0.15) is 0 Å². The molecule has 0 aliphatic carbocycles. The second-order valence-electron chi connectivity index (χ2n) is 4.32. The molecule has 0 spiro atoms. The molecule has 2 heterocycles. The lowest BCUT2D eigenvalue weighted by molar-refractivity contribution is 0.582. The van der Waals surface area contributed by atoms with Crippen LogP contribution in [0.2, 0.25) is 0 Å². The minimum atomic E-state index is -0.175. The summed E-state index contributed by atoms with van der Waals surface area (Å²) in [6.45, 7) is 3.58. The Bertz CT molecular complexity index is 367. The monoisotopic (exact) mass is 223 g/mol. The SMILES string of the molecule is CNCc1ccnc(N2CCCC2C)c1F. The van der Waals surface area contributed by atoms with Crippen LogP contribution in [0.5, 0.6) is 0 Å². The van der Waals surface area contributed by atoms with Gasteiger partial charge in [-0.25, -0.2) is 9.37 Å². The molecule has 4 heteroatoms. The fourth-order valence-corrected chi connectivity index (χ4v) is 2.25. The average molecular weight is 223 g/mol. The number of rotatable bonds is 3. The molecular formula is C12H18FN3. The number of hydrogen-bond acceptors (Lipinski definition) is 3. The van der Waals surface area contributed by atoms with Crippen LogP contribution in [0.15, 0.2) is 12.3 Å². The highest BCUT2D eigenvalue weighted by atomic mass is 19.1. The van der Waals surface area contributed by atoms with E-state index in [2.05, 4.69) is 22.1 Å². The van der Waals surface area contributed by atoms with Gasteiger partial charge >= 0.3 is 0 Å². The molecule has 1 saturated heterocycles. The van der Waals surface area contributed by atoms with Gasteiger partial charge in [0, 0.05) is 30.9 Å². The third kappa shape index (κ3) is 2.02. The Morgan fingerprint density at radius 3 is 3.06 bits per heavy atom. The van der Waals surface area contributed by atoms with Gasteiger partial charge in [0.2, 0.25) is 0 Å². The molecule has 88 valence electrons. The summed E-state index contributed by atoms with van der Waals surface area (Å²) in [4.78, 5) is 6.24. The Morgan fingerprint density at radius 1 is 1.62 bits per heavy atom. The quantitative estimate of drug-likeness (QED) is 0.848. The van der Waals surface area contributed by atoms with Gasteiger partial charge in [-0.1, -0.05) is 0 Å². The van der Waals surface area contributed by atoms with Crippen molar-refractivity contribution >= 4 is 5.82 Å². The van der Waals surface area contributed by atoms with E-state index in [0.717, 1.165) is 19.4 Å². The summed E-state index contributed by atoms with van der Waals surface area (Å²) in [5.74, 6) is 0.336. The van der Waals surface area contributed by atoms with Crippen molar-refractivity contribution < 1.29 is 4.39 Å². The lowest BCUT2D eigenvalue weighted by Crippen LogP contribution is -2.28. The molecule has 0 aromatic carbocycles. The van der Waals surface area contributed by atoms with Crippen LogP contribution in [0.4, 0.5) is 10.2 Å². The number of hydrogen-bond donors (Lipinski definition) is 1. The molecule has 3 nitrogen and oxygen atoms in total. The first-order chi connectivity index (χ1) is 7.74. The highest BCUT2D eigenvalue weighted by Crippen LogP contribution is 2.27. The minimum Gasteiger partial charge on any atom is -0.351 e. The van der Waals surface area contributed by atoms with E-state index in [9.17, 15) is 4.39 Å². The third-order valence-electron chi connectivity index (χ3n) is 3.14. The number of aromatic nitrogens is 1. The zero-order chi connectivity index (χ0) is 11.5. The highest BCUT2D eigenvalue weighted by Gasteiger charge is 2.24. The molecule has 0 saturated carbocycles. The molecule has 0 amide bonds. The van der Waals surface area contributed by atoms with Crippen LogP contribution in [0, 0.1) is 5.82 Å². The smallest absolute Gasteiger partial charge is 0.170 e. The second-order valence-corrected chi connectivity index (χ2v) is 4.32. The van der Waals surface area contributed by atoms with E-state index in [1.54, 1.807) is 12.3 Å². The summed E-state index contributed by atoms with van der Waals surface area (Å²) >= 11 is 0. The predicted molar refractivity (Wildman–Crippen MR) is 63.0 cm³/mol. The van der Waals surface area contributed by atoms with E-state index < -0.39 is 0 Å². The Morgan fingerprint density at radius 2 is 2.44 bits per heavy atom. The Hall–Kier alpha value is -1.16. The molecule has 1 aromatic heterocycles. The third-order valence-corrected chi connectivity index (χ3v) is 3.14. The molecule has 1 aliphatic rings. The standard InChI is InChI=1S/C12H18FN3/c1-9-4-3-7-16(9)12-11(13)10(8-14-2)5-6-15-12/h5-6,9,14H,3-4,7-8H2,1-2H3. The summed E-state index contributed by atoms with van der Waals surface area (Å²) in [6.07, 6.45) is 3.94. The lowest BCUT2D eigenvalue weighted by Gasteiger charge is -2.23. The molecule has 1 aliphatic heterocycles. The average Bonchev–Trinajstić information content (AvgIpc) is 2.68. The zero-order valence-electron chi connectivity index (χ0n) is 9.83. The van der Waals surface area contributed by atoms with Crippen LogP contribution < -0.4 is 10.2 Å². The van der Waals surface area contributed by atoms with Crippen LogP contribution in [-0.4, -0.2) is 24.6 Å². The van der Waals surface area contributed by atoms with E-state index >= 15 is 0 Å². The van der Waals surface area contributed by atoms with E-state index in [4.69, 9.17) is 0 Å². The lowest BCUT2D eigenvalue weighted by atomic mass is 10.2. The number of nitrogens with one attached hydrogen (secondary N) is 1. The van der Waals surface area contributed by atoms with Gasteiger partial charge in [-0.3, -0.25) is 0 Å². The van der Waals surface area contributed by atoms with Crippen LogP contribution >= 0.6 is 0 Å². The van der Waals surface area contributed by atoms with Crippen molar-refractivity contribution in [3.05, 3.63) is 23.6 Å². The van der Waals surface area contributed by atoms with Gasteiger partial charge < -0.3 is 10.2 Å². The minimum absolute atomic E-state index is 0.175. The van der Waals surface area contributed by atoms with Gasteiger partial charge in [0.15, 0.2) is 11.6 Å². The van der Waals surface area contributed by atoms with Gasteiger partial charge in [0.1, 0.15) is 0 Å². The van der Waals surface area contributed by atoms with Crippen molar-refractivity contribution in [1.29, 1.82) is 0 Å². The van der Waals surface area contributed by atoms with Crippen molar-refractivity contribution in [2.45, 2.75) is 32.4 Å². The van der Waals surface area contributed by atoms with Crippen molar-refractivity contribution in [1.82, 2.24) is 10.3 Å². The van der Waals surface area contributed by atoms with Crippen LogP contribution in [0.25, 0.3) is 0 Å². The molecule has 16 heavy (non-hydrogen) atoms. The van der Waals surface area contributed by atoms with Gasteiger partial charge in [0.05, 0.1) is 0 Å². The second kappa shape index (κ2) is 4.78. The maximum Gasteiger partial charge on any atom is 0.170 e. The van der Waals surface area contributed by atoms with E-state index in [-0.39, 0.29) is 5.82 Å². The first-order valence-electron chi connectivity index (χ1n) is 5.78. The zero-order valence-corrected chi connectivity index (χ0v) is 9.83. The van der Waals surface area contributed by atoms with Crippen molar-refractivity contribution in [3.63, 3.8) is 0 Å². The largest absolute Gasteiger partial charge is 0.351 e. The summed E-state index contributed by atoms with van der Waals surface area (Å²) in [7, 11) is 1.82. The molecule has 2 rings (SSSR count). The maximum absolute atomic E-state index is 14.1. The molecule has 1 atom stereocenters. The van der Waals surface area contributed by atoms with Crippen LogP contribution in [0.1, 0.15) is 25.3 Å². The molecule has 1 fully saturated rings. The molecule has 1 unspecified atom stereocenters. The highest BCUT2D eigenvalue weighted by molar-refractivity contribution is 5.45. The maximum atomic E-state index is 14.1. The van der Waals surface area contributed by atoms with E-state index in [1.807, 2.05) is 7.05 Å². The molecule has 1 aromatic rings. The number of pyridine rings is 1. The summed E-state index contributed by atoms with van der Waals surface area (Å²) < 4.78 is 14.1. The Kier molecular flexibility index (Phi) is 3.39. The van der Waals surface area contributed by atoms with Crippen LogP contribution in [0.3, 0.4) is 0 Å². The van der Waals surface area contributed by atoms with Gasteiger partial charge in [0.25, 0.3) is 0 Å². The summed E-state index contributed by atoms with van der Waals surface area (Å²) in [6, 6.07) is 2.13. The number of halogens is 1. The summed E-state index contributed by atoms with van der Waals surface area (Å²) in [5.41, 5.74) is 0.687. The fourth-order valence-electron chi connectivity index (χ4n) is 2.25. The Labute approximate surface area is 95.7 Å². The number of anilines is 1. The van der Waals surface area contributed by atoms with Gasteiger partial charge in [-0.05, 0) is 32.9 Å². The molecule has 1 N–H and O–H groups in total. The van der Waals surface area contributed by atoms with Crippen molar-refractivity contribution in [2.24, 2.45) is 0 Å². The van der Waals surface area contributed by atoms with E-state index in [1.165, 1.54) is 0 Å². The normalized spacial score (nSPS) is 20.4. The molecule has 0 bridgehead atoms. The van der Waals surface area contributed by atoms with Gasteiger partial charge in [-0.15, -0.1) is 0 Å². The van der Waals surface area contributed by atoms with Crippen LogP contribution in [-0.2, 0) is 6.54 Å². The first-order valence-corrected chi connectivity index (χ1v) is 5.78. The van der Waals surface area contributed by atoms with E-state index in [0.29, 0.717) is 24.0 Å². The predicted octanol–water partition coefficient (Wildman–Crippen LogP) is 1.93.